The van der Waals surface area contributed by atoms with E-state index in [0.29, 0.717) is 23.3 Å². The minimum Gasteiger partial charge on any atom is -0.384 e. The van der Waals surface area contributed by atoms with Gasteiger partial charge in [-0.2, -0.15) is 8.42 Å². The van der Waals surface area contributed by atoms with Crippen molar-refractivity contribution in [1.82, 2.24) is 19.7 Å². The van der Waals surface area contributed by atoms with Gasteiger partial charge in [0, 0.05) is 29.5 Å². The Kier molecular flexibility index (Phi) is 8.54. The highest BCUT2D eigenvalue weighted by atomic mass is 32.2. The predicted molar refractivity (Wildman–Crippen MR) is 154 cm³/mol. The highest BCUT2D eigenvalue weighted by Gasteiger charge is 2.33. The van der Waals surface area contributed by atoms with Crippen molar-refractivity contribution in [3.63, 3.8) is 0 Å². The molecule has 1 saturated heterocycles. The molecular weight excluding hydrogens is 512 g/mol. The van der Waals surface area contributed by atoms with Gasteiger partial charge < -0.3 is 10.6 Å². The van der Waals surface area contributed by atoms with E-state index in [4.69, 9.17) is 10.7 Å². The molecule has 10 heteroatoms. The number of aromatic nitrogens is 3. The summed E-state index contributed by atoms with van der Waals surface area (Å²) in [5.74, 6) is 0.915. The lowest BCUT2D eigenvalue weighted by Gasteiger charge is -2.29. The number of pyridine rings is 3. The summed E-state index contributed by atoms with van der Waals surface area (Å²) in [5.41, 5.74) is 8.36. The predicted octanol–water partition coefficient (Wildman–Crippen LogP) is 4.84. The van der Waals surface area contributed by atoms with Gasteiger partial charge in [0.15, 0.2) is 5.03 Å². The van der Waals surface area contributed by atoms with E-state index >= 15 is 0 Å². The molecule has 3 aromatic heterocycles. The quantitative estimate of drug-likeness (QED) is 0.387. The third-order valence-corrected chi connectivity index (χ3v) is 8.35. The third-order valence-electron chi connectivity index (χ3n) is 7.12. The maximum absolute atomic E-state index is 13.4. The van der Waals surface area contributed by atoms with Crippen LogP contribution in [-0.4, -0.2) is 41.4 Å². The van der Waals surface area contributed by atoms with E-state index in [9.17, 15) is 13.2 Å². The van der Waals surface area contributed by atoms with Crippen LogP contribution in [0.25, 0.3) is 11.3 Å². The van der Waals surface area contributed by atoms with Crippen molar-refractivity contribution in [2.45, 2.75) is 77.4 Å². The summed E-state index contributed by atoms with van der Waals surface area (Å²) in [6.07, 6.45) is 5.77. The van der Waals surface area contributed by atoms with Crippen LogP contribution in [-0.2, 0) is 16.4 Å². The van der Waals surface area contributed by atoms with Crippen molar-refractivity contribution < 1.29 is 13.2 Å². The molecule has 1 fully saturated rings. The smallest absolute Gasteiger partial charge is 0.281 e. The molecule has 1 amide bonds. The van der Waals surface area contributed by atoms with Gasteiger partial charge >= 0.3 is 0 Å². The lowest BCUT2D eigenvalue weighted by molar-refractivity contribution is 0.0981. The zero-order valence-corrected chi connectivity index (χ0v) is 24.1. The SMILES string of the molecule is CC(C)C[C@@H](C)Cc1ccc(-c2ccc(C(=O)NS(=O)(=O)c3cccc(N)n3)c(N3[C@H](C)CC[C@@H]3C)n2)cn1. The first-order valence-corrected chi connectivity index (χ1v) is 15.0. The maximum Gasteiger partial charge on any atom is 0.281 e. The van der Waals surface area contributed by atoms with Gasteiger partial charge in [-0.1, -0.05) is 26.8 Å². The van der Waals surface area contributed by atoms with E-state index in [2.05, 4.69) is 54.2 Å². The molecule has 3 atom stereocenters. The normalized spacial score (nSPS) is 18.4. The minimum atomic E-state index is -4.23. The molecule has 0 unspecified atom stereocenters. The Morgan fingerprint density at radius 3 is 2.38 bits per heavy atom. The second kappa shape index (κ2) is 11.7. The summed E-state index contributed by atoms with van der Waals surface area (Å²) in [7, 11) is -4.23. The van der Waals surface area contributed by atoms with Gasteiger partial charge in [-0.05, 0) is 87.8 Å². The van der Waals surface area contributed by atoms with Crippen LogP contribution in [0.3, 0.4) is 0 Å². The number of hydrogen-bond donors (Lipinski definition) is 2. The Balaban J connectivity index is 1.65. The zero-order chi connectivity index (χ0) is 28.3. The molecule has 0 aliphatic carbocycles. The molecule has 208 valence electrons. The summed E-state index contributed by atoms with van der Waals surface area (Å²) in [5, 5.41) is -0.321. The van der Waals surface area contributed by atoms with Crippen LogP contribution in [0.2, 0.25) is 0 Å². The Morgan fingerprint density at radius 1 is 1.05 bits per heavy atom. The fraction of sp³-hybridized carbons (Fsp3) is 0.448. The van der Waals surface area contributed by atoms with Crippen molar-refractivity contribution in [3.05, 3.63) is 59.9 Å². The van der Waals surface area contributed by atoms with E-state index in [0.717, 1.165) is 36.9 Å². The Labute approximate surface area is 231 Å². The highest BCUT2D eigenvalue weighted by molar-refractivity contribution is 7.90. The standard InChI is InChI=1S/C29H38N6O3S/c1-18(2)15-19(3)16-23-12-11-22(17-31-23)25-14-13-24(28(32-25)35-20(4)9-10-21(35)5)29(36)34-39(37,38)27-8-6-7-26(30)33-27/h6-8,11-14,17-21H,9-10,15-16H2,1-5H3,(H2,30,33)(H,34,36)/t19-,20-,21+/m1/s1. The molecule has 4 rings (SSSR count). The maximum atomic E-state index is 13.4. The molecule has 4 heterocycles. The van der Waals surface area contributed by atoms with Crippen LogP contribution >= 0.6 is 0 Å². The molecule has 3 N–H and O–H groups in total. The first-order chi connectivity index (χ1) is 18.4. The molecule has 9 nitrogen and oxygen atoms in total. The number of nitrogens with one attached hydrogen (secondary N) is 1. The number of sulfonamides is 1. The van der Waals surface area contributed by atoms with Crippen molar-refractivity contribution in [2.75, 3.05) is 10.6 Å². The molecule has 0 bridgehead atoms. The van der Waals surface area contributed by atoms with Gasteiger partial charge in [0.1, 0.15) is 11.6 Å². The topological polar surface area (TPSA) is 131 Å². The van der Waals surface area contributed by atoms with Crippen molar-refractivity contribution >= 4 is 27.6 Å². The van der Waals surface area contributed by atoms with Crippen molar-refractivity contribution in [2.24, 2.45) is 11.8 Å². The van der Waals surface area contributed by atoms with E-state index in [1.807, 2.05) is 18.3 Å². The summed E-state index contributed by atoms with van der Waals surface area (Å²) in [6.45, 7) is 10.9. The van der Waals surface area contributed by atoms with E-state index in [1.165, 1.54) is 18.2 Å². The second-order valence-corrected chi connectivity index (χ2v) is 12.7. The number of hydrogen-bond acceptors (Lipinski definition) is 8. The van der Waals surface area contributed by atoms with Crippen molar-refractivity contribution in [3.8, 4) is 11.3 Å². The van der Waals surface area contributed by atoms with Crippen LogP contribution < -0.4 is 15.4 Å². The lowest BCUT2D eigenvalue weighted by Crippen LogP contribution is -2.37. The van der Waals surface area contributed by atoms with Gasteiger partial charge in [0.25, 0.3) is 15.9 Å². The van der Waals surface area contributed by atoms with Crippen LogP contribution in [0, 0.1) is 11.8 Å². The van der Waals surface area contributed by atoms with Crippen molar-refractivity contribution in [1.29, 1.82) is 0 Å². The lowest BCUT2D eigenvalue weighted by atomic mass is 9.94. The molecule has 0 saturated carbocycles. The average Bonchev–Trinajstić information content (AvgIpc) is 3.21. The van der Waals surface area contributed by atoms with Crippen LogP contribution in [0.1, 0.15) is 69.9 Å². The van der Waals surface area contributed by atoms with Crippen LogP contribution in [0.5, 0.6) is 0 Å². The number of carbonyl (C=O) groups excluding carboxylic acids is 1. The number of nitrogens with zero attached hydrogens (tertiary/aromatic N) is 4. The molecule has 1 aliphatic rings. The van der Waals surface area contributed by atoms with Gasteiger partial charge in [-0.25, -0.2) is 14.7 Å². The van der Waals surface area contributed by atoms with E-state index in [1.54, 1.807) is 12.1 Å². The van der Waals surface area contributed by atoms with Gasteiger partial charge in [-0.3, -0.25) is 9.78 Å². The monoisotopic (exact) mass is 550 g/mol. The summed E-state index contributed by atoms with van der Waals surface area (Å²) >= 11 is 0. The molecule has 1 aliphatic heterocycles. The fourth-order valence-electron chi connectivity index (χ4n) is 5.35. The van der Waals surface area contributed by atoms with Gasteiger partial charge in [-0.15, -0.1) is 0 Å². The van der Waals surface area contributed by atoms with Gasteiger partial charge in [0.2, 0.25) is 0 Å². The average molecular weight is 551 g/mol. The number of nitrogen functional groups attached to an aromatic ring is 1. The van der Waals surface area contributed by atoms with Gasteiger partial charge in [0.05, 0.1) is 11.3 Å². The molecule has 3 aromatic rings. The molecule has 0 radical (unpaired) electrons. The highest BCUT2D eigenvalue weighted by Crippen LogP contribution is 2.33. The van der Waals surface area contributed by atoms with Crippen LogP contribution in [0.4, 0.5) is 11.6 Å². The minimum absolute atomic E-state index is 0.0470. The first-order valence-electron chi connectivity index (χ1n) is 13.5. The largest absolute Gasteiger partial charge is 0.384 e. The Hall–Kier alpha value is -3.53. The van der Waals surface area contributed by atoms with E-state index in [-0.39, 0.29) is 28.5 Å². The Morgan fingerprint density at radius 2 is 1.77 bits per heavy atom. The number of amides is 1. The zero-order valence-electron chi connectivity index (χ0n) is 23.3. The number of rotatable bonds is 9. The summed E-state index contributed by atoms with van der Waals surface area (Å²) in [6, 6.07) is 11.9. The molecule has 0 aromatic carbocycles. The number of nitrogens with two attached hydrogens (primary N) is 1. The molecular formula is C29H38N6O3S. The van der Waals surface area contributed by atoms with Crippen LogP contribution in [0.15, 0.2) is 53.7 Å². The number of anilines is 2. The molecule has 0 spiro atoms. The fourth-order valence-corrected chi connectivity index (χ4v) is 6.29. The molecule has 39 heavy (non-hydrogen) atoms. The third kappa shape index (κ3) is 6.73. The summed E-state index contributed by atoms with van der Waals surface area (Å²) < 4.78 is 27.9. The summed E-state index contributed by atoms with van der Waals surface area (Å²) in [4.78, 5) is 28.9. The first kappa shape index (κ1) is 28.5. The number of carbonyl (C=O) groups is 1. The Bertz CT molecular complexity index is 1420. The van der Waals surface area contributed by atoms with E-state index < -0.39 is 15.9 Å². The second-order valence-electron chi connectivity index (χ2n) is 11.1.